The first kappa shape index (κ1) is 23.0. The van der Waals surface area contributed by atoms with E-state index in [9.17, 15) is 9.59 Å². The van der Waals surface area contributed by atoms with Crippen molar-refractivity contribution < 1.29 is 19.1 Å². The zero-order chi connectivity index (χ0) is 24.6. The standard InChI is InChI=1S/C25H27N5O4/c1-15-7-8-21(34-6)20(11-15)29(18(4)31)24-23(28-10-9-26-14-28)25(32)30(27-24)22-16(2)12-19(33-5)13-17(22)3/h7-14,23H,1-6H3. The molecule has 34 heavy (non-hydrogen) atoms. The lowest BCUT2D eigenvalue weighted by Crippen LogP contribution is -2.41. The molecule has 2 amide bonds. The quantitative estimate of drug-likeness (QED) is 0.577. The Hall–Kier alpha value is -4.14. The number of amides is 2. The molecule has 0 bridgehead atoms. The molecule has 0 radical (unpaired) electrons. The van der Waals surface area contributed by atoms with Gasteiger partial charge in [-0.05, 0) is 61.7 Å². The maximum Gasteiger partial charge on any atom is 0.278 e. The maximum absolute atomic E-state index is 13.8. The van der Waals surface area contributed by atoms with Gasteiger partial charge in [-0.25, -0.2) is 4.98 Å². The van der Waals surface area contributed by atoms with Gasteiger partial charge in [0.2, 0.25) is 5.91 Å². The van der Waals surface area contributed by atoms with Crippen molar-refractivity contribution in [1.82, 2.24) is 9.55 Å². The Morgan fingerprint density at radius 1 is 1.06 bits per heavy atom. The molecule has 0 saturated carbocycles. The number of hydrogen-bond acceptors (Lipinski definition) is 6. The van der Waals surface area contributed by atoms with Crippen LogP contribution in [0.15, 0.2) is 54.2 Å². The second-order valence-corrected chi connectivity index (χ2v) is 8.16. The zero-order valence-electron chi connectivity index (χ0n) is 20.1. The summed E-state index contributed by atoms with van der Waals surface area (Å²) in [5.41, 5.74) is 3.73. The third kappa shape index (κ3) is 3.89. The summed E-state index contributed by atoms with van der Waals surface area (Å²) in [7, 11) is 3.14. The van der Waals surface area contributed by atoms with Crippen molar-refractivity contribution in [2.45, 2.75) is 33.7 Å². The van der Waals surface area contributed by atoms with Crippen molar-refractivity contribution in [3.8, 4) is 11.5 Å². The van der Waals surface area contributed by atoms with E-state index < -0.39 is 6.04 Å². The number of methoxy groups -OCH3 is 2. The monoisotopic (exact) mass is 461 g/mol. The number of carbonyl (C=O) groups is 2. The molecule has 9 nitrogen and oxygen atoms in total. The number of anilines is 2. The number of rotatable bonds is 5. The number of imidazole rings is 1. The molecular formula is C25H27N5O4. The molecule has 1 aliphatic heterocycles. The van der Waals surface area contributed by atoms with Gasteiger partial charge in [0.15, 0.2) is 11.9 Å². The summed E-state index contributed by atoms with van der Waals surface area (Å²) in [5, 5.41) is 6.08. The van der Waals surface area contributed by atoms with Crippen molar-refractivity contribution in [2.24, 2.45) is 5.10 Å². The van der Waals surface area contributed by atoms with Gasteiger partial charge in [-0.15, -0.1) is 5.10 Å². The van der Waals surface area contributed by atoms with Crippen LogP contribution in [0.4, 0.5) is 11.4 Å². The minimum absolute atomic E-state index is 0.258. The normalized spacial score (nSPS) is 15.4. The van der Waals surface area contributed by atoms with Crippen LogP contribution in [0.1, 0.15) is 29.7 Å². The third-order valence-electron chi connectivity index (χ3n) is 5.74. The van der Waals surface area contributed by atoms with E-state index >= 15 is 0 Å². The van der Waals surface area contributed by atoms with Gasteiger partial charge in [-0.1, -0.05) is 6.07 Å². The van der Waals surface area contributed by atoms with Gasteiger partial charge in [-0.2, -0.15) is 5.01 Å². The lowest BCUT2D eigenvalue weighted by Gasteiger charge is -2.26. The Morgan fingerprint density at radius 3 is 2.32 bits per heavy atom. The van der Waals surface area contributed by atoms with Crippen molar-refractivity contribution >= 4 is 29.0 Å². The number of benzene rings is 2. The van der Waals surface area contributed by atoms with Gasteiger partial charge < -0.3 is 14.0 Å². The van der Waals surface area contributed by atoms with Crippen molar-refractivity contribution in [2.75, 3.05) is 24.1 Å². The lowest BCUT2D eigenvalue weighted by molar-refractivity contribution is -0.119. The number of aromatic nitrogens is 2. The van der Waals surface area contributed by atoms with Crippen LogP contribution in [0.3, 0.4) is 0 Å². The van der Waals surface area contributed by atoms with Crippen LogP contribution in [0.25, 0.3) is 0 Å². The molecule has 9 heteroatoms. The van der Waals surface area contributed by atoms with Gasteiger partial charge in [0.1, 0.15) is 11.5 Å². The van der Waals surface area contributed by atoms with E-state index in [1.54, 1.807) is 36.5 Å². The number of hydrazone groups is 1. The number of ether oxygens (including phenoxy) is 2. The summed E-state index contributed by atoms with van der Waals surface area (Å²) < 4.78 is 12.6. The number of aryl methyl sites for hydroxylation is 3. The van der Waals surface area contributed by atoms with E-state index in [1.165, 1.54) is 23.9 Å². The predicted molar refractivity (Wildman–Crippen MR) is 130 cm³/mol. The van der Waals surface area contributed by atoms with Gasteiger partial charge >= 0.3 is 0 Å². The summed E-state index contributed by atoms with van der Waals surface area (Å²) in [6.45, 7) is 7.15. The summed E-state index contributed by atoms with van der Waals surface area (Å²) in [4.78, 5) is 32.4. The zero-order valence-corrected chi connectivity index (χ0v) is 20.1. The summed E-state index contributed by atoms with van der Waals surface area (Å²) in [6, 6.07) is 8.33. The van der Waals surface area contributed by atoms with E-state index in [0.29, 0.717) is 22.9 Å². The molecule has 1 atom stereocenters. The molecule has 0 spiro atoms. The van der Waals surface area contributed by atoms with Gasteiger partial charge in [0.05, 0.1) is 31.9 Å². The minimum Gasteiger partial charge on any atom is -0.497 e. The fraction of sp³-hybridized carbons (Fsp3) is 0.280. The molecule has 4 rings (SSSR count). The second kappa shape index (κ2) is 9.01. The molecule has 2 heterocycles. The predicted octanol–water partition coefficient (Wildman–Crippen LogP) is 3.78. The molecule has 0 N–H and O–H groups in total. The van der Waals surface area contributed by atoms with Crippen LogP contribution < -0.4 is 19.4 Å². The highest BCUT2D eigenvalue weighted by Gasteiger charge is 2.43. The molecule has 1 unspecified atom stereocenters. The first-order chi connectivity index (χ1) is 16.3. The highest BCUT2D eigenvalue weighted by Crippen LogP contribution is 2.38. The molecule has 3 aromatic rings. The summed E-state index contributed by atoms with van der Waals surface area (Å²) in [5.74, 6) is 0.841. The summed E-state index contributed by atoms with van der Waals surface area (Å²) in [6.07, 6.45) is 4.81. The largest absolute Gasteiger partial charge is 0.497 e. The average molecular weight is 462 g/mol. The van der Waals surface area contributed by atoms with Crippen LogP contribution in [0.2, 0.25) is 0 Å². The Bertz CT molecular complexity index is 1260. The fourth-order valence-electron chi connectivity index (χ4n) is 4.24. The van der Waals surface area contributed by atoms with Crippen molar-refractivity contribution in [1.29, 1.82) is 0 Å². The number of amidine groups is 1. The smallest absolute Gasteiger partial charge is 0.278 e. The Labute approximate surface area is 198 Å². The molecule has 2 aromatic carbocycles. The van der Waals surface area contributed by atoms with Gasteiger partial charge in [-0.3, -0.25) is 14.5 Å². The van der Waals surface area contributed by atoms with Crippen molar-refractivity contribution in [3.05, 3.63) is 65.7 Å². The van der Waals surface area contributed by atoms with Crippen LogP contribution in [0, 0.1) is 20.8 Å². The highest BCUT2D eigenvalue weighted by atomic mass is 16.5. The molecule has 176 valence electrons. The first-order valence-corrected chi connectivity index (χ1v) is 10.8. The Balaban J connectivity index is 1.93. The second-order valence-electron chi connectivity index (χ2n) is 8.16. The molecule has 1 aromatic heterocycles. The average Bonchev–Trinajstić information content (AvgIpc) is 3.42. The van der Waals surface area contributed by atoms with E-state index in [2.05, 4.69) is 4.98 Å². The van der Waals surface area contributed by atoms with Gasteiger partial charge in [0.25, 0.3) is 5.91 Å². The lowest BCUT2D eigenvalue weighted by atomic mass is 10.1. The Morgan fingerprint density at radius 2 is 1.76 bits per heavy atom. The van der Waals surface area contributed by atoms with Crippen LogP contribution in [-0.4, -0.2) is 41.4 Å². The SMILES string of the molecule is COc1cc(C)c(N2N=C(N(C(C)=O)c3cc(C)ccc3OC)C(n3ccnc3)C2=O)c(C)c1. The number of carbonyl (C=O) groups excluding carboxylic acids is 2. The number of hydrogen-bond donors (Lipinski definition) is 0. The van der Waals surface area contributed by atoms with E-state index in [-0.39, 0.29) is 17.6 Å². The minimum atomic E-state index is -0.891. The molecule has 1 aliphatic rings. The first-order valence-electron chi connectivity index (χ1n) is 10.8. The third-order valence-corrected chi connectivity index (χ3v) is 5.74. The van der Waals surface area contributed by atoms with E-state index in [0.717, 1.165) is 16.7 Å². The Kier molecular flexibility index (Phi) is 6.10. The maximum atomic E-state index is 13.8. The van der Waals surface area contributed by atoms with Crippen molar-refractivity contribution in [3.63, 3.8) is 0 Å². The highest BCUT2D eigenvalue weighted by molar-refractivity contribution is 6.28. The van der Waals surface area contributed by atoms with Gasteiger partial charge in [0, 0.05) is 19.3 Å². The van der Waals surface area contributed by atoms with E-state index in [1.807, 2.05) is 45.0 Å². The van der Waals surface area contributed by atoms with Crippen LogP contribution in [0.5, 0.6) is 11.5 Å². The topological polar surface area (TPSA) is 89.3 Å². The molecule has 0 saturated heterocycles. The van der Waals surface area contributed by atoms with Crippen LogP contribution in [-0.2, 0) is 9.59 Å². The molecule has 0 fully saturated rings. The van der Waals surface area contributed by atoms with Crippen LogP contribution >= 0.6 is 0 Å². The molecular weight excluding hydrogens is 434 g/mol. The fourth-order valence-corrected chi connectivity index (χ4v) is 4.24. The molecule has 0 aliphatic carbocycles. The summed E-state index contributed by atoms with van der Waals surface area (Å²) >= 11 is 0. The number of nitrogens with zero attached hydrogens (tertiary/aromatic N) is 5. The van der Waals surface area contributed by atoms with E-state index in [4.69, 9.17) is 14.6 Å².